The molecule has 1 N–H and O–H groups in total. The van der Waals surface area contributed by atoms with E-state index in [0.717, 1.165) is 35.5 Å². The van der Waals surface area contributed by atoms with Crippen molar-refractivity contribution in [1.82, 2.24) is 0 Å². The second-order valence-corrected chi connectivity index (χ2v) is 10.4. The van der Waals surface area contributed by atoms with Crippen molar-refractivity contribution in [2.45, 2.75) is 25.5 Å². The van der Waals surface area contributed by atoms with Crippen LogP contribution in [0.5, 0.6) is 5.75 Å². The van der Waals surface area contributed by atoms with Crippen molar-refractivity contribution in [2.24, 2.45) is 0 Å². The number of ether oxygens (including phenoxy) is 1. The molecular weight excluding hydrogens is 419 g/mol. The summed E-state index contributed by atoms with van der Waals surface area (Å²) >= 11 is 0. The van der Waals surface area contributed by atoms with Crippen molar-refractivity contribution in [3.63, 3.8) is 0 Å². The lowest BCUT2D eigenvalue weighted by molar-refractivity contribution is 0.308. The van der Waals surface area contributed by atoms with Crippen LogP contribution in [0.2, 0.25) is 0 Å². The van der Waals surface area contributed by atoms with E-state index in [1.165, 1.54) is 0 Å². The molecule has 0 aromatic heterocycles. The van der Waals surface area contributed by atoms with Gasteiger partial charge in [-0.05, 0) is 60.5 Å². The molecule has 6 heteroatoms. The number of nitrogens with zero attached hydrogens (tertiary/aromatic N) is 1. The SMILES string of the molecule is CCCCO[P@](=O)(c1ccc(N(C)C)cc1)[C@@H](Nc1ccccc1)c1ccc(OC)cc1. The fourth-order valence-electron chi connectivity index (χ4n) is 3.44. The number of hydrogen-bond acceptors (Lipinski definition) is 5. The molecule has 0 saturated heterocycles. The highest BCUT2D eigenvalue weighted by atomic mass is 31.2. The summed E-state index contributed by atoms with van der Waals surface area (Å²) in [5.74, 6) is 0.210. The van der Waals surface area contributed by atoms with Crippen molar-refractivity contribution in [3.05, 3.63) is 84.4 Å². The van der Waals surface area contributed by atoms with Gasteiger partial charge >= 0.3 is 0 Å². The molecule has 0 aliphatic heterocycles. The summed E-state index contributed by atoms with van der Waals surface area (Å²) < 4.78 is 26.3. The number of benzene rings is 3. The molecule has 0 unspecified atom stereocenters. The maximum Gasteiger partial charge on any atom is 0.258 e. The molecule has 5 nitrogen and oxygen atoms in total. The predicted octanol–water partition coefficient (Wildman–Crippen LogP) is 6.29. The molecule has 0 saturated carbocycles. The number of para-hydroxylation sites is 1. The van der Waals surface area contributed by atoms with Gasteiger partial charge in [0.25, 0.3) is 7.37 Å². The van der Waals surface area contributed by atoms with Crippen LogP contribution in [-0.2, 0) is 9.09 Å². The van der Waals surface area contributed by atoms with Crippen molar-refractivity contribution in [2.75, 3.05) is 38.0 Å². The fourth-order valence-corrected chi connectivity index (χ4v) is 5.89. The predicted molar refractivity (Wildman–Crippen MR) is 135 cm³/mol. The zero-order chi connectivity index (χ0) is 23.0. The Morgan fingerprint density at radius 1 is 0.938 bits per heavy atom. The molecular formula is C26H33N2O3P. The second kappa shape index (κ2) is 11.2. The normalized spacial score (nSPS) is 13.8. The van der Waals surface area contributed by atoms with E-state index in [2.05, 4.69) is 12.2 Å². The Bertz CT molecular complexity index is 1010. The highest BCUT2D eigenvalue weighted by Gasteiger charge is 2.38. The molecule has 0 spiro atoms. The quantitative estimate of drug-likeness (QED) is 0.274. The molecule has 0 radical (unpaired) electrons. The third kappa shape index (κ3) is 5.73. The Morgan fingerprint density at radius 2 is 1.59 bits per heavy atom. The Labute approximate surface area is 191 Å². The summed E-state index contributed by atoms with van der Waals surface area (Å²) in [6, 6.07) is 25.3. The van der Waals surface area contributed by atoms with Crippen molar-refractivity contribution >= 4 is 24.0 Å². The van der Waals surface area contributed by atoms with Crippen LogP contribution in [0.25, 0.3) is 0 Å². The Hall–Kier alpha value is -2.75. The Kier molecular flexibility index (Phi) is 8.38. The molecule has 3 aromatic rings. The molecule has 3 rings (SSSR count). The lowest BCUT2D eigenvalue weighted by Crippen LogP contribution is -2.21. The van der Waals surface area contributed by atoms with Gasteiger partial charge in [0, 0.05) is 30.8 Å². The molecule has 0 bridgehead atoms. The second-order valence-electron chi connectivity index (χ2n) is 7.88. The summed E-state index contributed by atoms with van der Waals surface area (Å²) in [5, 5.41) is 4.19. The highest BCUT2D eigenvalue weighted by Crippen LogP contribution is 2.59. The van der Waals surface area contributed by atoms with Gasteiger partial charge in [-0.25, -0.2) is 0 Å². The van der Waals surface area contributed by atoms with Crippen molar-refractivity contribution in [3.8, 4) is 5.75 Å². The Balaban J connectivity index is 2.09. The molecule has 2 atom stereocenters. The highest BCUT2D eigenvalue weighted by molar-refractivity contribution is 7.67. The van der Waals surface area contributed by atoms with Crippen LogP contribution in [0.1, 0.15) is 31.1 Å². The van der Waals surface area contributed by atoms with Crippen LogP contribution < -0.4 is 20.3 Å². The van der Waals surface area contributed by atoms with E-state index in [0.29, 0.717) is 11.9 Å². The van der Waals surface area contributed by atoms with E-state index >= 15 is 0 Å². The van der Waals surface area contributed by atoms with Gasteiger partial charge in [0.2, 0.25) is 0 Å². The first-order chi connectivity index (χ1) is 15.5. The van der Waals surface area contributed by atoms with Gasteiger partial charge in [-0.15, -0.1) is 0 Å². The van der Waals surface area contributed by atoms with Crippen LogP contribution in [0, 0.1) is 0 Å². The topological polar surface area (TPSA) is 50.8 Å². The molecule has 0 aliphatic carbocycles. The first kappa shape index (κ1) is 23.9. The summed E-state index contributed by atoms with van der Waals surface area (Å²) in [5.41, 5.74) is 2.81. The molecule has 0 fully saturated rings. The summed E-state index contributed by atoms with van der Waals surface area (Å²) in [6.45, 7) is 2.54. The third-order valence-electron chi connectivity index (χ3n) is 5.36. The minimum atomic E-state index is -3.34. The molecule has 0 aliphatic rings. The molecule has 32 heavy (non-hydrogen) atoms. The van der Waals surface area contributed by atoms with E-state index < -0.39 is 13.2 Å². The van der Waals surface area contributed by atoms with E-state index in [-0.39, 0.29) is 0 Å². The number of nitrogens with one attached hydrogen (secondary N) is 1. The number of rotatable bonds is 11. The largest absolute Gasteiger partial charge is 0.497 e. The molecule has 0 heterocycles. The van der Waals surface area contributed by atoms with Crippen LogP contribution in [0.3, 0.4) is 0 Å². The van der Waals surface area contributed by atoms with Gasteiger partial charge < -0.3 is 19.5 Å². The average Bonchev–Trinajstić information content (AvgIpc) is 2.83. The lowest BCUT2D eigenvalue weighted by Gasteiger charge is -2.30. The number of unbranched alkanes of at least 4 members (excludes halogenated alkanes) is 1. The van der Waals surface area contributed by atoms with Crippen LogP contribution in [0.15, 0.2) is 78.9 Å². The van der Waals surface area contributed by atoms with Crippen LogP contribution in [-0.4, -0.2) is 27.8 Å². The number of methoxy groups -OCH3 is 1. The van der Waals surface area contributed by atoms with Gasteiger partial charge in [0.1, 0.15) is 11.5 Å². The summed E-state index contributed by atoms with van der Waals surface area (Å²) in [7, 11) is 2.27. The molecule has 3 aromatic carbocycles. The maximum atomic E-state index is 14.7. The third-order valence-corrected chi connectivity index (χ3v) is 8.05. The van der Waals surface area contributed by atoms with E-state index in [1.54, 1.807) is 7.11 Å². The van der Waals surface area contributed by atoms with Crippen LogP contribution >= 0.6 is 7.37 Å². The van der Waals surface area contributed by atoms with E-state index in [9.17, 15) is 4.57 Å². The lowest BCUT2D eigenvalue weighted by atomic mass is 10.2. The van der Waals surface area contributed by atoms with Gasteiger partial charge in [-0.2, -0.15) is 0 Å². The van der Waals surface area contributed by atoms with Gasteiger partial charge in [-0.1, -0.05) is 43.7 Å². The monoisotopic (exact) mass is 452 g/mol. The number of anilines is 2. The Morgan fingerprint density at radius 3 is 2.16 bits per heavy atom. The van der Waals surface area contributed by atoms with E-state index in [4.69, 9.17) is 9.26 Å². The molecule has 0 amide bonds. The maximum absolute atomic E-state index is 14.7. The zero-order valence-electron chi connectivity index (χ0n) is 19.3. The van der Waals surface area contributed by atoms with Gasteiger partial charge in [0.05, 0.1) is 13.7 Å². The van der Waals surface area contributed by atoms with Gasteiger partial charge in [0.15, 0.2) is 0 Å². The first-order valence-electron chi connectivity index (χ1n) is 11.0. The average molecular weight is 453 g/mol. The molecule has 170 valence electrons. The fraction of sp³-hybridized carbons (Fsp3) is 0.308. The smallest absolute Gasteiger partial charge is 0.258 e. The minimum absolute atomic E-state index is 0.437. The van der Waals surface area contributed by atoms with Crippen molar-refractivity contribution < 1.29 is 13.8 Å². The summed E-state index contributed by atoms with van der Waals surface area (Å²) in [6.07, 6.45) is 1.82. The van der Waals surface area contributed by atoms with Crippen LogP contribution in [0.4, 0.5) is 11.4 Å². The minimum Gasteiger partial charge on any atom is -0.497 e. The first-order valence-corrected chi connectivity index (χ1v) is 12.6. The number of hydrogen-bond donors (Lipinski definition) is 1. The summed E-state index contributed by atoms with van der Waals surface area (Å²) in [4.78, 5) is 2.02. The standard InChI is InChI=1S/C26H33N2O3P/c1-5-6-20-31-32(29,25-18-14-23(15-19-25)28(2)3)26(27-22-10-8-7-9-11-22)21-12-16-24(30-4)17-13-21/h7-19,26-27H,5-6,20H2,1-4H3/t26-,32-/m1/s1. The van der Waals surface area contributed by atoms with E-state index in [1.807, 2.05) is 97.9 Å². The van der Waals surface area contributed by atoms with Crippen molar-refractivity contribution in [1.29, 1.82) is 0 Å². The zero-order valence-corrected chi connectivity index (χ0v) is 20.2. The van der Waals surface area contributed by atoms with Gasteiger partial charge in [-0.3, -0.25) is 4.57 Å².